The lowest BCUT2D eigenvalue weighted by atomic mass is 10.1. The van der Waals surface area contributed by atoms with Gasteiger partial charge in [0.05, 0.1) is 23.7 Å². The quantitative estimate of drug-likeness (QED) is 0.374. The second kappa shape index (κ2) is 8.85. The van der Waals surface area contributed by atoms with Crippen LogP contribution in [0.3, 0.4) is 0 Å². The Bertz CT molecular complexity index is 796. The molecule has 2 heterocycles. The Kier molecular flexibility index (Phi) is 7.23. The molecular weight excluding hydrogens is 481 g/mol. The highest BCUT2D eigenvalue weighted by atomic mass is 127. The van der Waals surface area contributed by atoms with Crippen LogP contribution in [0.1, 0.15) is 25.8 Å². The number of hydrogen-bond donors (Lipinski definition) is 1. The number of fused-ring (bicyclic) bond motifs is 1. The second-order valence-electron chi connectivity index (χ2n) is 7.20. The maximum atomic E-state index is 12.2. The van der Waals surface area contributed by atoms with E-state index in [9.17, 15) is 8.42 Å². The zero-order chi connectivity index (χ0) is 18.8. The molecule has 0 unspecified atom stereocenters. The van der Waals surface area contributed by atoms with Crippen molar-refractivity contribution in [3.63, 3.8) is 0 Å². The van der Waals surface area contributed by atoms with Gasteiger partial charge in [-0.05, 0) is 19.9 Å². The van der Waals surface area contributed by atoms with Crippen molar-refractivity contribution in [1.82, 2.24) is 10.2 Å². The summed E-state index contributed by atoms with van der Waals surface area (Å²) in [7, 11) is -1.37. The minimum atomic E-state index is -3.08. The van der Waals surface area contributed by atoms with E-state index in [0.717, 1.165) is 23.5 Å². The first kappa shape index (κ1) is 22.1. The normalized spacial score (nSPS) is 21.0. The Balaban J connectivity index is 0.00000261. The maximum Gasteiger partial charge on any atom is 0.193 e. The summed E-state index contributed by atoms with van der Waals surface area (Å²) in [6.45, 7) is 6.22. The monoisotopic (exact) mass is 509 g/mol. The van der Waals surface area contributed by atoms with E-state index in [2.05, 4.69) is 10.3 Å². The highest BCUT2D eigenvalue weighted by Crippen LogP contribution is 2.33. The number of guanidine groups is 1. The standard InChI is InChI=1S/C18H27N3O4S.HI/c1-18(2)13-21(8-11-26(18,22)23)17(19-3)20-12-14-6-4-7-15-16(14)25-10-5-9-24-15;/h4,6-7H,5,8-13H2,1-3H3,(H,19,20);1H. The predicted molar refractivity (Wildman–Crippen MR) is 117 cm³/mol. The number of ether oxygens (including phenoxy) is 2. The Morgan fingerprint density at radius 3 is 2.74 bits per heavy atom. The minimum Gasteiger partial charge on any atom is -0.490 e. The van der Waals surface area contributed by atoms with Crippen LogP contribution in [0.25, 0.3) is 0 Å². The average molecular weight is 509 g/mol. The number of sulfone groups is 1. The predicted octanol–water partition coefficient (Wildman–Crippen LogP) is 2.05. The average Bonchev–Trinajstić information content (AvgIpc) is 2.84. The molecule has 1 N–H and O–H groups in total. The van der Waals surface area contributed by atoms with Crippen molar-refractivity contribution in [2.75, 3.05) is 39.1 Å². The summed E-state index contributed by atoms with van der Waals surface area (Å²) < 4.78 is 35.2. The first-order valence-electron chi connectivity index (χ1n) is 8.89. The van der Waals surface area contributed by atoms with E-state index in [4.69, 9.17) is 9.47 Å². The molecule has 2 aliphatic heterocycles. The molecule has 7 nitrogen and oxygen atoms in total. The first-order chi connectivity index (χ1) is 12.3. The van der Waals surface area contributed by atoms with Crippen LogP contribution < -0.4 is 14.8 Å². The Morgan fingerprint density at radius 1 is 1.30 bits per heavy atom. The topological polar surface area (TPSA) is 80.2 Å². The zero-order valence-corrected chi connectivity index (χ0v) is 19.2. The van der Waals surface area contributed by atoms with Crippen LogP contribution in [-0.4, -0.2) is 63.1 Å². The smallest absolute Gasteiger partial charge is 0.193 e. The molecule has 1 fully saturated rings. The van der Waals surface area contributed by atoms with Gasteiger partial charge in [0.1, 0.15) is 0 Å². The summed E-state index contributed by atoms with van der Waals surface area (Å²) in [4.78, 5) is 6.34. The number of hydrogen-bond acceptors (Lipinski definition) is 5. The summed E-state index contributed by atoms with van der Waals surface area (Å²) in [5.74, 6) is 2.37. The summed E-state index contributed by atoms with van der Waals surface area (Å²) in [6.07, 6.45) is 0.862. The highest BCUT2D eigenvalue weighted by Gasteiger charge is 2.40. The van der Waals surface area contributed by atoms with Gasteiger partial charge in [-0.3, -0.25) is 4.99 Å². The molecule has 0 amide bonds. The maximum absolute atomic E-state index is 12.2. The van der Waals surface area contributed by atoms with E-state index in [-0.39, 0.29) is 29.7 Å². The fourth-order valence-corrected chi connectivity index (χ4v) is 4.59. The van der Waals surface area contributed by atoms with Gasteiger partial charge in [0.15, 0.2) is 27.3 Å². The van der Waals surface area contributed by atoms with Crippen LogP contribution in [0.15, 0.2) is 23.2 Å². The minimum absolute atomic E-state index is 0. The van der Waals surface area contributed by atoms with Gasteiger partial charge in [0.25, 0.3) is 0 Å². The van der Waals surface area contributed by atoms with Crippen LogP contribution in [0.2, 0.25) is 0 Å². The van der Waals surface area contributed by atoms with Crippen LogP contribution >= 0.6 is 24.0 Å². The number of benzene rings is 1. The lowest BCUT2D eigenvalue weighted by Gasteiger charge is -2.39. The molecule has 0 radical (unpaired) electrons. The van der Waals surface area contributed by atoms with Gasteiger partial charge in [-0.25, -0.2) is 8.42 Å². The fraction of sp³-hybridized carbons (Fsp3) is 0.611. The Hall–Kier alpha value is -1.23. The van der Waals surface area contributed by atoms with Gasteiger partial charge in [-0.1, -0.05) is 12.1 Å². The van der Waals surface area contributed by atoms with Crippen molar-refractivity contribution in [1.29, 1.82) is 0 Å². The Labute approximate surface area is 178 Å². The number of halogens is 1. The van der Waals surface area contributed by atoms with E-state index < -0.39 is 14.6 Å². The van der Waals surface area contributed by atoms with Gasteiger partial charge in [-0.15, -0.1) is 24.0 Å². The van der Waals surface area contributed by atoms with Crippen molar-refractivity contribution in [2.24, 2.45) is 4.99 Å². The van der Waals surface area contributed by atoms with Crippen LogP contribution in [-0.2, 0) is 16.4 Å². The lowest BCUT2D eigenvalue weighted by molar-refractivity contribution is 0.296. The van der Waals surface area contributed by atoms with Crippen LogP contribution in [0.5, 0.6) is 11.5 Å². The van der Waals surface area contributed by atoms with Crippen LogP contribution in [0.4, 0.5) is 0 Å². The fourth-order valence-electron chi connectivity index (χ4n) is 3.22. The molecule has 2 aliphatic rings. The van der Waals surface area contributed by atoms with Gasteiger partial charge >= 0.3 is 0 Å². The summed E-state index contributed by atoms with van der Waals surface area (Å²) in [6, 6.07) is 5.86. The van der Waals surface area contributed by atoms with E-state index in [1.165, 1.54) is 0 Å². The van der Waals surface area contributed by atoms with Crippen LogP contribution in [0, 0.1) is 0 Å². The molecular formula is C18H28IN3O4S. The largest absolute Gasteiger partial charge is 0.490 e. The molecule has 0 saturated carbocycles. The van der Waals surface area contributed by atoms with Crippen molar-refractivity contribution in [2.45, 2.75) is 31.6 Å². The molecule has 152 valence electrons. The number of para-hydroxylation sites is 1. The van der Waals surface area contributed by atoms with Crippen molar-refractivity contribution in [3.05, 3.63) is 23.8 Å². The van der Waals surface area contributed by atoms with Gasteiger partial charge in [0.2, 0.25) is 0 Å². The Morgan fingerprint density at radius 2 is 2.04 bits per heavy atom. The van der Waals surface area contributed by atoms with Crippen molar-refractivity contribution < 1.29 is 17.9 Å². The molecule has 0 aliphatic carbocycles. The van der Waals surface area contributed by atoms with E-state index in [0.29, 0.717) is 38.8 Å². The molecule has 9 heteroatoms. The summed E-state index contributed by atoms with van der Waals surface area (Å²) >= 11 is 0. The lowest BCUT2D eigenvalue weighted by Crippen LogP contribution is -2.57. The first-order valence-corrected chi connectivity index (χ1v) is 10.5. The molecule has 0 spiro atoms. The van der Waals surface area contributed by atoms with E-state index >= 15 is 0 Å². The molecule has 1 aromatic rings. The van der Waals surface area contributed by atoms with E-state index in [1.807, 2.05) is 23.1 Å². The molecule has 0 aromatic heterocycles. The number of aliphatic imine (C=N–C) groups is 1. The third kappa shape index (κ3) is 4.79. The molecule has 0 bridgehead atoms. The number of nitrogens with one attached hydrogen (secondary N) is 1. The summed E-state index contributed by atoms with van der Waals surface area (Å²) in [5.41, 5.74) is 0.995. The van der Waals surface area contributed by atoms with Crippen molar-refractivity contribution >= 4 is 39.8 Å². The summed E-state index contributed by atoms with van der Waals surface area (Å²) in [5, 5.41) is 3.34. The second-order valence-corrected chi connectivity index (χ2v) is 9.94. The molecule has 0 atom stereocenters. The van der Waals surface area contributed by atoms with Gasteiger partial charge in [0, 0.05) is 38.7 Å². The molecule has 1 saturated heterocycles. The third-order valence-corrected chi connectivity index (χ3v) is 7.38. The SMILES string of the molecule is CN=C(NCc1cccc2c1OCCCO2)N1CCS(=O)(=O)C(C)(C)C1.I. The molecule has 3 rings (SSSR count). The van der Waals surface area contributed by atoms with Crippen molar-refractivity contribution in [3.8, 4) is 11.5 Å². The number of rotatable bonds is 2. The molecule has 27 heavy (non-hydrogen) atoms. The molecule has 1 aromatic carbocycles. The number of nitrogens with zero attached hydrogens (tertiary/aromatic N) is 2. The van der Waals surface area contributed by atoms with E-state index in [1.54, 1.807) is 20.9 Å². The van der Waals surface area contributed by atoms with Gasteiger partial charge < -0.3 is 19.7 Å². The van der Waals surface area contributed by atoms with Gasteiger partial charge in [-0.2, -0.15) is 0 Å². The zero-order valence-electron chi connectivity index (χ0n) is 16.0. The highest BCUT2D eigenvalue weighted by molar-refractivity contribution is 14.0. The third-order valence-electron chi connectivity index (χ3n) is 4.84.